The minimum Gasteiger partial charge on any atom is -0.483 e. The number of nitrogens with one attached hydrogen (secondary N) is 1. The molecule has 1 aliphatic carbocycles. The number of para-hydroxylation sites is 1. The summed E-state index contributed by atoms with van der Waals surface area (Å²) in [4.78, 5) is 19.4. The Morgan fingerprint density at radius 3 is 2.88 bits per heavy atom. The molecule has 1 aromatic carbocycles. The second-order valence-corrected chi connectivity index (χ2v) is 6.00. The number of fused-ring (bicyclic) bond motifs is 1. The molecule has 0 saturated heterocycles. The van der Waals surface area contributed by atoms with Crippen LogP contribution >= 0.6 is 0 Å². The highest BCUT2D eigenvalue weighted by atomic mass is 19.1. The lowest BCUT2D eigenvalue weighted by atomic mass is 10.2. The monoisotopic (exact) mass is 328 g/mol. The van der Waals surface area contributed by atoms with Crippen LogP contribution in [0.1, 0.15) is 37.5 Å². The fourth-order valence-electron chi connectivity index (χ4n) is 3.17. The molecule has 1 aliphatic rings. The van der Waals surface area contributed by atoms with E-state index in [-0.39, 0.29) is 24.0 Å². The zero-order chi connectivity index (χ0) is 16.5. The fourth-order valence-corrected chi connectivity index (χ4v) is 3.17. The van der Waals surface area contributed by atoms with Gasteiger partial charge in [0.1, 0.15) is 17.8 Å². The maximum atomic E-state index is 13.6. The maximum Gasteiger partial charge on any atom is 0.262 e. The van der Waals surface area contributed by atoms with Gasteiger partial charge in [0.25, 0.3) is 5.56 Å². The Balaban J connectivity index is 1.65. The van der Waals surface area contributed by atoms with Crippen LogP contribution < -0.4 is 10.3 Å². The SMILES string of the molecule is O=c1[nH]c(COc2ccccc2F)nc2c1cnn2C1CCCC1. The van der Waals surface area contributed by atoms with E-state index < -0.39 is 5.82 Å². The van der Waals surface area contributed by atoms with Crippen LogP contribution in [0.25, 0.3) is 11.0 Å². The van der Waals surface area contributed by atoms with Crippen molar-refractivity contribution in [3.8, 4) is 5.75 Å². The normalized spacial score (nSPS) is 15.2. The largest absolute Gasteiger partial charge is 0.483 e. The van der Waals surface area contributed by atoms with Crippen molar-refractivity contribution in [2.24, 2.45) is 0 Å². The molecule has 0 unspecified atom stereocenters. The molecule has 24 heavy (non-hydrogen) atoms. The van der Waals surface area contributed by atoms with Crippen molar-refractivity contribution in [2.75, 3.05) is 0 Å². The molecule has 0 atom stereocenters. The minimum atomic E-state index is -0.447. The van der Waals surface area contributed by atoms with E-state index in [1.165, 1.54) is 25.0 Å². The molecule has 7 heteroatoms. The maximum absolute atomic E-state index is 13.6. The van der Waals surface area contributed by atoms with E-state index in [0.29, 0.717) is 16.9 Å². The number of ether oxygens (including phenoxy) is 1. The number of nitrogens with zero attached hydrogens (tertiary/aromatic N) is 3. The van der Waals surface area contributed by atoms with Gasteiger partial charge in [-0.3, -0.25) is 4.79 Å². The Bertz CT molecular complexity index is 928. The van der Waals surface area contributed by atoms with Crippen LogP contribution in [0.5, 0.6) is 5.75 Å². The number of hydrogen-bond donors (Lipinski definition) is 1. The first kappa shape index (κ1) is 14.9. The standard InChI is InChI=1S/C17H17FN4O2/c18-13-7-3-4-8-14(13)24-10-15-20-16-12(17(23)21-15)9-19-22(16)11-5-1-2-6-11/h3-4,7-9,11H,1-2,5-6,10H2,(H,20,21,23). The van der Waals surface area contributed by atoms with E-state index in [0.717, 1.165) is 12.8 Å². The van der Waals surface area contributed by atoms with Crippen LogP contribution in [0, 0.1) is 5.82 Å². The molecule has 6 nitrogen and oxygen atoms in total. The predicted octanol–water partition coefficient (Wildman–Crippen LogP) is 2.95. The average molecular weight is 328 g/mol. The molecule has 3 aromatic rings. The van der Waals surface area contributed by atoms with Gasteiger partial charge in [0.2, 0.25) is 0 Å². The van der Waals surface area contributed by atoms with E-state index in [4.69, 9.17) is 4.74 Å². The molecule has 0 aliphatic heterocycles. The first-order valence-electron chi connectivity index (χ1n) is 8.06. The van der Waals surface area contributed by atoms with Gasteiger partial charge in [-0.1, -0.05) is 25.0 Å². The Kier molecular flexibility index (Phi) is 3.76. The topological polar surface area (TPSA) is 72.8 Å². The quantitative estimate of drug-likeness (QED) is 0.799. The number of hydrogen-bond acceptors (Lipinski definition) is 4. The third-order valence-corrected chi connectivity index (χ3v) is 4.38. The lowest BCUT2D eigenvalue weighted by Gasteiger charge is -2.11. The van der Waals surface area contributed by atoms with E-state index in [1.54, 1.807) is 18.3 Å². The number of halogens is 1. The molecular weight excluding hydrogens is 311 g/mol. The molecule has 2 aromatic heterocycles. The summed E-state index contributed by atoms with van der Waals surface area (Å²) in [7, 11) is 0. The summed E-state index contributed by atoms with van der Waals surface area (Å²) in [5.41, 5.74) is 0.314. The molecule has 4 rings (SSSR count). The van der Waals surface area contributed by atoms with Gasteiger partial charge in [0.15, 0.2) is 17.2 Å². The predicted molar refractivity (Wildman–Crippen MR) is 86.4 cm³/mol. The Hall–Kier alpha value is -2.70. The molecule has 0 radical (unpaired) electrons. The second-order valence-electron chi connectivity index (χ2n) is 6.00. The van der Waals surface area contributed by atoms with Crippen molar-refractivity contribution in [2.45, 2.75) is 38.3 Å². The van der Waals surface area contributed by atoms with Crippen LogP contribution in [-0.2, 0) is 6.61 Å². The first-order chi connectivity index (χ1) is 11.7. The fraction of sp³-hybridized carbons (Fsp3) is 0.353. The molecule has 1 fully saturated rings. The van der Waals surface area contributed by atoms with Crippen molar-refractivity contribution < 1.29 is 9.13 Å². The molecule has 2 heterocycles. The van der Waals surface area contributed by atoms with Crippen molar-refractivity contribution in [1.82, 2.24) is 19.7 Å². The summed E-state index contributed by atoms with van der Waals surface area (Å²) in [6, 6.07) is 6.43. The molecule has 0 spiro atoms. The number of benzene rings is 1. The molecule has 124 valence electrons. The first-order valence-corrected chi connectivity index (χ1v) is 8.06. The lowest BCUT2D eigenvalue weighted by molar-refractivity contribution is 0.281. The van der Waals surface area contributed by atoms with Crippen molar-refractivity contribution in [3.05, 3.63) is 52.5 Å². The van der Waals surface area contributed by atoms with Crippen LogP contribution in [-0.4, -0.2) is 19.7 Å². The summed E-state index contributed by atoms with van der Waals surface area (Å²) < 4.78 is 20.9. The van der Waals surface area contributed by atoms with Crippen molar-refractivity contribution >= 4 is 11.0 Å². The van der Waals surface area contributed by atoms with Crippen LogP contribution in [0.3, 0.4) is 0 Å². The zero-order valence-electron chi connectivity index (χ0n) is 13.0. The van der Waals surface area contributed by atoms with Crippen molar-refractivity contribution in [1.29, 1.82) is 0 Å². The van der Waals surface area contributed by atoms with Crippen LogP contribution in [0.4, 0.5) is 4.39 Å². The van der Waals surface area contributed by atoms with Gasteiger partial charge in [0.05, 0.1) is 12.2 Å². The summed E-state index contributed by atoms with van der Waals surface area (Å²) in [5, 5.41) is 4.81. The second kappa shape index (κ2) is 6.07. The van der Waals surface area contributed by atoms with Gasteiger partial charge in [-0.25, -0.2) is 14.1 Å². The zero-order valence-corrected chi connectivity index (χ0v) is 13.0. The van der Waals surface area contributed by atoms with Gasteiger partial charge in [-0.15, -0.1) is 0 Å². The smallest absolute Gasteiger partial charge is 0.262 e. The number of H-pyrrole nitrogens is 1. The summed E-state index contributed by atoms with van der Waals surface area (Å²) in [5.74, 6) is 0.0389. The van der Waals surface area contributed by atoms with Gasteiger partial charge >= 0.3 is 0 Å². The lowest BCUT2D eigenvalue weighted by Crippen LogP contribution is -2.15. The van der Waals surface area contributed by atoms with Crippen LogP contribution in [0.2, 0.25) is 0 Å². The highest BCUT2D eigenvalue weighted by molar-refractivity contribution is 5.73. The minimum absolute atomic E-state index is 0.0119. The molecule has 0 amide bonds. The molecule has 1 N–H and O–H groups in total. The molecule has 1 saturated carbocycles. The highest BCUT2D eigenvalue weighted by Crippen LogP contribution is 2.30. The van der Waals surface area contributed by atoms with Crippen LogP contribution in [0.15, 0.2) is 35.3 Å². The third-order valence-electron chi connectivity index (χ3n) is 4.38. The van der Waals surface area contributed by atoms with E-state index in [1.807, 2.05) is 4.68 Å². The summed E-state index contributed by atoms with van der Waals surface area (Å²) >= 11 is 0. The average Bonchev–Trinajstić information content (AvgIpc) is 3.23. The summed E-state index contributed by atoms with van der Waals surface area (Å²) in [6.07, 6.45) is 5.98. The third kappa shape index (κ3) is 2.66. The van der Waals surface area contributed by atoms with Gasteiger partial charge < -0.3 is 9.72 Å². The van der Waals surface area contributed by atoms with Gasteiger partial charge in [0, 0.05) is 0 Å². The Morgan fingerprint density at radius 2 is 2.08 bits per heavy atom. The highest BCUT2D eigenvalue weighted by Gasteiger charge is 2.21. The Morgan fingerprint density at radius 1 is 1.29 bits per heavy atom. The molecular formula is C17H17FN4O2. The van der Waals surface area contributed by atoms with E-state index in [2.05, 4.69) is 15.1 Å². The van der Waals surface area contributed by atoms with Gasteiger partial charge in [-0.05, 0) is 25.0 Å². The van der Waals surface area contributed by atoms with E-state index in [9.17, 15) is 9.18 Å². The number of aromatic nitrogens is 4. The van der Waals surface area contributed by atoms with Crippen molar-refractivity contribution in [3.63, 3.8) is 0 Å². The number of rotatable bonds is 4. The van der Waals surface area contributed by atoms with Gasteiger partial charge in [-0.2, -0.15) is 5.10 Å². The number of aromatic amines is 1. The molecule has 0 bridgehead atoms. The summed E-state index contributed by atoms with van der Waals surface area (Å²) in [6.45, 7) is -0.0119. The van der Waals surface area contributed by atoms with E-state index >= 15 is 0 Å². The Labute approximate surface area is 137 Å².